The van der Waals surface area contributed by atoms with Gasteiger partial charge in [0.25, 0.3) is 17.4 Å². The van der Waals surface area contributed by atoms with E-state index in [2.05, 4.69) is 4.98 Å². The first-order valence-corrected chi connectivity index (χ1v) is 9.08. The van der Waals surface area contributed by atoms with Gasteiger partial charge < -0.3 is 19.9 Å². The van der Waals surface area contributed by atoms with E-state index >= 15 is 0 Å². The topological polar surface area (TPSA) is 76.6 Å². The quantitative estimate of drug-likeness (QED) is 0.846. The number of carbonyl (C=O) groups is 1. The number of H-pyrrole nitrogens is 1. The first kappa shape index (κ1) is 19.0. The predicted molar refractivity (Wildman–Crippen MR) is 92.4 cm³/mol. The molecular weight excluding hydrogens is 344 g/mol. The SMILES string of the molecule is O=C(c1ccc[nH]c1=O)N1CCC[C@@](O)(CN2CCC(F)(F)CC2)CC1. The molecule has 144 valence electrons. The van der Waals surface area contributed by atoms with E-state index in [-0.39, 0.29) is 37.4 Å². The lowest BCUT2D eigenvalue weighted by atomic mass is 9.93. The lowest BCUT2D eigenvalue weighted by Gasteiger charge is -2.37. The van der Waals surface area contributed by atoms with E-state index in [1.165, 1.54) is 12.3 Å². The average molecular weight is 369 g/mol. The number of aromatic nitrogens is 1. The van der Waals surface area contributed by atoms with E-state index in [4.69, 9.17) is 0 Å². The number of hydrogen-bond acceptors (Lipinski definition) is 4. The highest BCUT2D eigenvalue weighted by atomic mass is 19.3. The number of rotatable bonds is 3. The van der Waals surface area contributed by atoms with Crippen LogP contribution in [0.15, 0.2) is 23.1 Å². The number of halogens is 2. The standard InChI is InChI=1S/C18H25F2N3O3/c19-18(20)6-10-22(11-7-18)13-17(26)4-2-9-23(12-5-17)16(25)14-3-1-8-21-15(14)24/h1,3,8,26H,2,4-7,9-13H2,(H,21,24)/t17-/m0/s1. The molecule has 2 aliphatic heterocycles. The minimum atomic E-state index is -2.60. The van der Waals surface area contributed by atoms with Crippen LogP contribution in [0, 0.1) is 0 Å². The Morgan fingerprint density at radius 2 is 1.88 bits per heavy atom. The molecule has 0 spiro atoms. The fourth-order valence-corrected chi connectivity index (χ4v) is 3.75. The Kier molecular flexibility index (Phi) is 5.43. The van der Waals surface area contributed by atoms with Crippen molar-refractivity contribution in [2.24, 2.45) is 0 Å². The van der Waals surface area contributed by atoms with E-state index in [0.29, 0.717) is 38.9 Å². The number of amides is 1. The van der Waals surface area contributed by atoms with Crippen LogP contribution in [0.1, 0.15) is 42.5 Å². The number of nitrogens with one attached hydrogen (secondary N) is 1. The number of pyridine rings is 1. The van der Waals surface area contributed by atoms with Crippen molar-refractivity contribution in [1.29, 1.82) is 0 Å². The molecule has 1 amide bonds. The van der Waals surface area contributed by atoms with Crippen molar-refractivity contribution in [3.05, 3.63) is 34.2 Å². The van der Waals surface area contributed by atoms with Gasteiger partial charge in [-0.05, 0) is 31.4 Å². The van der Waals surface area contributed by atoms with Gasteiger partial charge >= 0.3 is 0 Å². The number of hydrogen-bond donors (Lipinski definition) is 2. The van der Waals surface area contributed by atoms with Gasteiger partial charge in [-0.2, -0.15) is 0 Å². The van der Waals surface area contributed by atoms with Crippen molar-refractivity contribution in [3.8, 4) is 0 Å². The summed E-state index contributed by atoms with van der Waals surface area (Å²) < 4.78 is 26.6. The maximum atomic E-state index is 13.3. The summed E-state index contributed by atoms with van der Waals surface area (Å²) in [7, 11) is 0. The number of β-amino-alcohol motifs (C(OH)–C–C–N with tert-alkyl or cyclic N) is 1. The molecule has 2 aliphatic rings. The van der Waals surface area contributed by atoms with Gasteiger partial charge in [-0.3, -0.25) is 9.59 Å². The van der Waals surface area contributed by atoms with Crippen LogP contribution in [0.4, 0.5) is 8.78 Å². The third-order valence-electron chi connectivity index (χ3n) is 5.36. The zero-order valence-electron chi connectivity index (χ0n) is 14.7. The molecule has 26 heavy (non-hydrogen) atoms. The lowest BCUT2D eigenvalue weighted by Crippen LogP contribution is -2.48. The van der Waals surface area contributed by atoms with Crippen LogP contribution in [0.25, 0.3) is 0 Å². The first-order chi connectivity index (χ1) is 12.3. The summed E-state index contributed by atoms with van der Waals surface area (Å²) in [6, 6.07) is 3.10. The van der Waals surface area contributed by atoms with Gasteiger partial charge in [0, 0.05) is 51.8 Å². The van der Waals surface area contributed by atoms with Crippen molar-refractivity contribution in [2.45, 2.75) is 43.6 Å². The minimum absolute atomic E-state index is 0.0937. The Morgan fingerprint density at radius 1 is 1.15 bits per heavy atom. The number of alkyl halides is 2. The van der Waals surface area contributed by atoms with Gasteiger partial charge in [0.2, 0.25) is 0 Å². The second-order valence-electron chi connectivity index (χ2n) is 7.42. The molecule has 6 nitrogen and oxygen atoms in total. The van der Waals surface area contributed by atoms with Gasteiger partial charge in [-0.25, -0.2) is 8.78 Å². The Balaban J connectivity index is 1.60. The molecule has 2 N–H and O–H groups in total. The Labute approximate surface area is 150 Å². The first-order valence-electron chi connectivity index (χ1n) is 9.08. The average Bonchev–Trinajstić information content (AvgIpc) is 2.79. The molecule has 0 saturated carbocycles. The van der Waals surface area contributed by atoms with Crippen molar-refractivity contribution in [2.75, 3.05) is 32.7 Å². The zero-order chi connectivity index (χ0) is 18.8. The zero-order valence-corrected chi connectivity index (χ0v) is 14.7. The fourth-order valence-electron chi connectivity index (χ4n) is 3.75. The van der Waals surface area contributed by atoms with Gasteiger partial charge in [0.15, 0.2) is 0 Å². The second kappa shape index (κ2) is 7.44. The van der Waals surface area contributed by atoms with Crippen LogP contribution in [0.2, 0.25) is 0 Å². The van der Waals surface area contributed by atoms with Crippen molar-refractivity contribution < 1.29 is 18.7 Å². The largest absolute Gasteiger partial charge is 0.388 e. The molecule has 1 aromatic heterocycles. The Bertz CT molecular complexity index is 699. The highest BCUT2D eigenvalue weighted by Crippen LogP contribution is 2.30. The third-order valence-corrected chi connectivity index (χ3v) is 5.36. The van der Waals surface area contributed by atoms with Crippen molar-refractivity contribution in [3.63, 3.8) is 0 Å². The molecule has 3 heterocycles. The second-order valence-corrected chi connectivity index (χ2v) is 7.42. The highest BCUT2D eigenvalue weighted by molar-refractivity contribution is 5.93. The van der Waals surface area contributed by atoms with E-state index in [0.717, 1.165) is 0 Å². The van der Waals surface area contributed by atoms with Crippen LogP contribution in [-0.4, -0.2) is 70.0 Å². The van der Waals surface area contributed by atoms with Crippen LogP contribution in [-0.2, 0) is 0 Å². The summed E-state index contributed by atoms with van der Waals surface area (Å²) in [6.45, 7) is 1.70. The summed E-state index contributed by atoms with van der Waals surface area (Å²) in [6.07, 6.45) is 2.61. The summed E-state index contributed by atoms with van der Waals surface area (Å²) in [5.74, 6) is -2.94. The summed E-state index contributed by atoms with van der Waals surface area (Å²) in [5, 5.41) is 10.9. The molecule has 2 fully saturated rings. The van der Waals surface area contributed by atoms with E-state index in [1.807, 2.05) is 4.90 Å². The molecule has 0 aromatic carbocycles. The van der Waals surface area contributed by atoms with Gasteiger partial charge in [0.05, 0.1) is 5.60 Å². The number of likely N-dealkylation sites (tertiary alicyclic amines) is 2. The number of aliphatic hydroxyl groups is 1. The molecule has 3 rings (SSSR count). The van der Waals surface area contributed by atoms with E-state index in [1.54, 1.807) is 11.0 Å². The third kappa shape index (κ3) is 4.48. The van der Waals surface area contributed by atoms with Gasteiger partial charge in [-0.1, -0.05) is 0 Å². The number of nitrogens with zero attached hydrogens (tertiary/aromatic N) is 2. The monoisotopic (exact) mass is 369 g/mol. The summed E-state index contributed by atoms with van der Waals surface area (Å²) >= 11 is 0. The molecular formula is C18H25F2N3O3. The summed E-state index contributed by atoms with van der Waals surface area (Å²) in [5.41, 5.74) is -1.33. The lowest BCUT2D eigenvalue weighted by molar-refractivity contribution is -0.0768. The van der Waals surface area contributed by atoms with Crippen molar-refractivity contribution in [1.82, 2.24) is 14.8 Å². The molecule has 1 atom stereocenters. The van der Waals surface area contributed by atoms with E-state index in [9.17, 15) is 23.5 Å². The molecule has 0 aliphatic carbocycles. The van der Waals surface area contributed by atoms with Crippen LogP contribution >= 0.6 is 0 Å². The maximum absolute atomic E-state index is 13.3. The van der Waals surface area contributed by atoms with Gasteiger partial charge in [0.1, 0.15) is 5.56 Å². The highest BCUT2D eigenvalue weighted by Gasteiger charge is 2.38. The normalized spacial score (nSPS) is 27.1. The maximum Gasteiger partial charge on any atom is 0.260 e. The van der Waals surface area contributed by atoms with Crippen LogP contribution in [0.5, 0.6) is 0 Å². The fraction of sp³-hybridized carbons (Fsp3) is 0.667. The van der Waals surface area contributed by atoms with Crippen LogP contribution < -0.4 is 5.56 Å². The summed E-state index contributed by atoms with van der Waals surface area (Å²) in [4.78, 5) is 30.4. The number of carbonyl (C=O) groups excluding carboxylic acids is 1. The molecule has 2 saturated heterocycles. The smallest absolute Gasteiger partial charge is 0.260 e. The molecule has 0 radical (unpaired) electrons. The number of piperidine rings is 1. The van der Waals surface area contributed by atoms with Crippen molar-refractivity contribution >= 4 is 5.91 Å². The Hall–Kier alpha value is -1.80. The van der Waals surface area contributed by atoms with Gasteiger partial charge in [-0.15, -0.1) is 0 Å². The molecule has 0 bridgehead atoms. The molecule has 0 unspecified atom stereocenters. The van der Waals surface area contributed by atoms with E-state index < -0.39 is 17.1 Å². The van der Waals surface area contributed by atoms with Crippen LogP contribution in [0.3, 0.4) is 0 Å². The number of aromatic amines is 1. The minimum Gasteiger partial charge on any atom is -0.388 e. The molecule has 8 heteroatoms. The predicted octanol–water partition coefficient (Wildman–Crippen LogP) is 1.46. The Morgan fingerprint density at radius 3 is 2.58 bits per heavy atom. The molecule has 1 aromatic rings.